The van der Waals surface area contributed by atoms with Crippen LogP contribution < -0.4 is 10.5 Å². The molecule has 0 unspecified atom stereocenters. The first-order valence-corrected chi connectivity index (χ1v) is 6.62. The maximum Gasteiger partial charge on any atom is 0.124 e. The van der Waals surface area contributed by atoms with E-state index in [1.165, 1.54) is 10.4 Å². The molecule has 0 radical (unpaired) electrons. The summed E-state index contributed by atoms with van der Waals surface area (Å²) in [7, 11) is 0. The van der Waals surface area contributed by atoms with Gasteiger partial charge in [0.1, 0.15) is 5.75 Å². The van der Waals surface area contributed by atoms with E-state index in [2.05, 4.69) is 36.6 Å². The normalized spacial score (nSPS) is 10.5. The fourth-order valence-electron chi connectivity index (χ4n) is 1.68. The number of aryl methyl sites for hydroxylation is 1. The van der Waals surface area contributed by atoms with Crippen molar-refractivity contribution >= 4 is 11.3 Å². The summed E-state index contributed by atoms with van der Waals surface area (Å²) in [5.74, 6) is 0.920. The highest BCUT2D eigenvalue weighted by Crippen LogP contribution is 2.20. The summed E-state index contributed by atoms with van der Waals surface area (Å²) in [5, 5.41) is 2.09. The van der Waals surface area contributed by atoms with Gasteiger partial charge in [0.05, 0.1) is 6.61 Å². The average Bonchev–Trinajstić information content (AvgIpc) is 2.82. The molecule has 2 aromatic rings. The Morgan fingerprint density at radius 1 is 1.29 bits per heavy atom. The van der Waals surface area contributed by atoms with Crippen LogP contribution in [-0.4, -0.2) is 6.61 Å². The van der Waals surface area contributed by atoms with Gasteiger partial charge in [0.25, 0.3) is 0 Å². The summed E-state index contributed by atoms with van der Waals surface area (Å²) in [5.41, 5.74) is 7.96. The second-order valence-corrected chi connectivity index (χ2v) is 5.03. The van der Waals surface area contributed by atoms with Crippen LogP contribution in [0, 0.1) is 6.92 Å². The van der Waals surface area contributed by atoms with Crippen LogP contribution in [0.25, 0.3) is 0 Å². The molecule has 1 heterocycles. The van der Waals surface area contributed by atoms with Crippen molar-refractivity contribution in [3.05, 3.63) is 51.7 Å². The second-order valence-electron chi connectivity index (χ2n) is 3.99. The maximum atomic E-state index is 5.81. The molecule has 0 saturated carbocycles. The highest BCUT2D eigenvalue weighted by atomic mass is 32.1. The van der Waals surface area contributed by atoms with Gasteiger partial charge in [-0.1, -0.05) is 18.2 Å². The van der Waals surface area contributed by atoms with Gasteiger partial charge in [0.15, 0.2) is 0 Å². The van der Waals surface area contributed by atoms with E-state index in [1.54, 1.807) is 11.3 Å². The Morgan fingerprint density at radius 2 is 2.18 bits per heavy atom. The van der Waals surface area contributed by atoms with E-state index in [1.807, 2.05) is 6.07 Å². The number of ether oxygens (including phenoxy) is 1. The maximum absolute atomic E-state index is 5.81. The van der Waals surface area contributed by atoms with E-state index >= 15 is 0 Å². The summed E-state index contributed by atoms with van der Waals surface area (Å²) in [6, 6.07) is 10.4. The van der Waals surface area contributed by atoms with E-state index in [9.17, 15) is 0 Å². The van der Waals surface area contributed by atoms with E-state index in [-0.39, 0.29) is 0 Å². The molecule has 0 atom stereocenters. The molecule has 0 saturated heterocycles. The lowest BCUT2D eigenvalue weighted by atomic mass is 10.1. The average molecular weight is 247 g/mol. The predicted octanol–water partition coefficient (Wildman–Crippen LogP) is 3.14. The summed E-state index contributed by atoms with van der Waals surface area (Å²) in [6.07, 6.45) is 0.954. The Bertz CT molecular complexity index is 465. The van der Waals surface area contributed by atoms with Gasteiger partial charge in [-0.25, -0.2) is 0 Å². The molecule has 0 aliphatic carbocycles. The monoisotopic (exact) mass is 247 g/mol. The molecule has 17 heavy (non-hydrogen) atoms. The van der Waals surface area contributed by atoms with Gasteiger partial charge in [0, 0.05) is 23.4 Å². The first-order valence-electron chi connectivity index (χ1n) is 5.74. The molecule has 3 heteroatoms. The number of benzene rings is 1. The SMILES string of the molecule is Cc1ccc(CN)c(OCCc2cccs2)c1. The van der Waals surface area contributed by atoms with Crippen molar-refractivity contribution in [2.75, 3.05) is 6.61 Å². The minimum Gasteiger partial charge on any atom is -0.493 e. The molecule has 2 N–H and O–H groups in total. The van der Waals surface area contributed by atoms with Gasteiger partial charge in [-0.05, 0) is 30.0 Å². The molecule has 1 aromatic heterocycles. The minimum atomic E-state index is 0.522. The second kappa shape index (κ2) is 5.84. The van der Waals surface area contributed by atoms with Crippen molar-refractivity contribution in [3.8, 4) is 5.75 Å². The third kappa shape index (κ3) is 3.32. The van der Waals surface area contributed by atoms with Crippen LogP contribution in [0.4, 0.5) is 0 Å². The largest absolute Gasteiger partial charge is 0.493 e. The van der Waals surface area contributed by atoms with Gasteiger partial charge >= 0.3 is 0 Å². The quantitative estimate of drug-likeness (QED) is 0.881. The molecular weight excluding hydrogens is 230 g/mol. The van der Waals surface area contributed by atoms with Crippen molar-refractivity contribution in [2.24, 2.45) is 5.73 Å². The Morgan fingerprint density at radius 3 is 2.88 bits per heavy atom. The van der Waals surface area contributed by atoms with Crippen LogP contribution in [0.2, 0.25) is 0 Å². The van der Waals surface area contributed by atoms with Crippen molar-refractivity contribution < 1.29 is 4.74 Å². The first-order chi connectivity index (χ1) is 8.29. The van der Waals surface area contributed by atoms with Gasteiger partial charge < -0.3 is 10.5 Å². The van der Waals surface area contributed by atoms with Crippen molar-refractivity contribution in [1.82, 2.24) is 0 Å². The molecule has 0 aliphatic rings. The number of hydrogen-bond donors (Lipinski definition) is 1. The van der Waals surface area contributed by atoms with Crippen LogP contribution in [0.15, 0.2) is 35.7 Å². The van der Waals surface area contributed by atoms with Crippen molar-refractivity contribution in [1.29, 1.82) is 0 Å². The lowest BCUT2D eigenvalue weighted by Gasteiger charge is -2.10. The van der Waals surface area contributed by atoms with Gasteiger partial charge in [-0.3, -0.25) is 0 Å². The Balaban J connectivity index is 1.96. The van der Waals surface area contributed by atoms with Crippen molar-refractivity contribution in [2.45, 2.75) is 19.9 Å². The zero-order chi connectivity index (χ0) is 12.1. The summed E-state index contributed by atoms with van der Waals surface area (Å²) in [6.45, 7) is 3.29. The number of hydrogen-bond acceptors (Lipinski definition) is 3. The molecule has 0 spiro atoms. The standard InChI is InChI=1S/C14H17NOS/c1-11-4-5-12(10-15)14(9-11)16-7-6-13-3-2-8-17-13/h2-5,8-9H,6-7,10,15H2,1H3. The Hall–Kier alpha value is -1.32. The van der Waals surface area contributed by atoms with E-state index in [4.69, 9.17) is 10.5 Å². The summed E-state index contributed by atoms with van der Waals surface area (Å²) in [4.78, 5) is 1.35. The lowest BCUT2D eigenvalue weighted by molar-refractivity contribution is 0.319. The molecule has 0 aliphatic heterocycles. The van der Waals surface area contributed by atoms with Crippen LogP contribution in [-0.2, 0) is 13.0 Å². The molecule has 0 bridgehead atoms. The van der Waals surface area contributed by atoms with Crippen LogP contribution >= 0.6 is 11.3 Å². The lowest BCUT2D eigenvalue weighted by Crippen LogP contribution is -2.05. The fourth-order valence-corrected chi connectivity index (χ4v) is 2.37. The zero-order valence-corrected chi connectivity index (χ0v) is 10.8. The molecular formula is C14H17NOS. The number of nitrogens with two attached hydrogens (primary N) is 1. The highest BCUT2D eigenvalue weighted by molar-refractivity contribution is 7.09. The number of rotatable bonds is 5. The van der Waals surface area contributed by atoms with Crippen LogP contribution in [0.3, 0.4) is 0 Å². The number of thiophene rings is 1. The molecule has 0 fully saturated rings. The first kappa shape index (κ1) is 12.1. The third-order valence-corrected chi connectivity index (χ3v) is 3.56. The van der Waals surface area contributed by atoms with Gasteiger partial charge in [0.2, 0.25) is 0 Å². The minimum absolute atomic E-state index is 0.522. The smallest absolute Gasteiger partial charge is 0.124 e. The van der Waals surface area contributed by atoms with E-state index in [0.29, 0.717) is 13.2 Å². The predicted molar refractivity (Wildman–Crippen MR) is 72.6 cm³/mol. The Labute approximate surface area is 106 Å². The summed E-state index contributed by atoms with van der Waals surface area (Å²) >= 11 is 1.77. The van der Waals surface area contributed by atoms with Gasteiger partial charge in [-0.2, -0.15) is 0 Å². The van der Waals surface area contributed by atoms with Gasteiger partial charge in [-0.15, -0.1) is 11.3 Å². The zero-order valence-electron chi connectivity index (χ0n) is 9.98. The molecule has 2 nitrogen and oxygen atoms in total. The van der Waals surface area contributed by atoms with E-state index < -0.39 is 0 Å². The fraction of sp³-hybridized carbons (Fsp3) is 0.286. The molecule has 1 aromatic carbocycles. The summed E-state index contributed by atoms with van der Waals surface area (Å²) < 4.78 is 5.81. The highest BCUT2D eigenvalue weighted by Gasteiger charge is 2.03. The Kier molecular flexibility index (Phi) is 4.18. The van der Waals surface area contributed by atoms with Crippen molar-refractivity contribution in [3.63, 3.8) is 0 Å². The molecule has 0 amide bonds. The molecule has 90 valence electrons. The topological polar surface area (TPSA) is 35.2 Å². The van der Waals surface area contributed by atoms with E-state index in [0.717, 1.165) is 17.7 Å². The van der Waals surface area contributed by atoms with Crippen LogP contribution in [0.1, 0.15) is 16.0 Å². The third-order valence-electron chi connectivity index (χ3n) is 2.63. The molecule has 2 rings (SSSR count). The van der Waals surface area contributed by atoms with Crippen LogP contribution in [0.5, 0.6) is 5.75 Å².